The predicted molar refractivity (Wildman–Crippen MR) is 65.6 cm³/mol. The first-order valence-electron chi connectivity index (χ1n) is 4.22. The van der Waals surface area contributed by atoms with Crippen LogP contribution in [0.15, 0.2) is 34.2 Å². The monoisotopic (exact) mass is 303 g/mol. The molecule has 0 N–H and O–H groups in total. The molecular weight excluding hydrogens is 298 g/mol. The van der Waals surface area contributed by atoms with Crippen molar-refractivity contribution in [2.45, 2.75) is 6.61 Å². The molecule has 2 rings (SSSR count). The summed E-state index contributed by atoms with van der Waals surface area (Å²) in [6.07, 6.45) is 1.76. The van der Waals surface area contributed by atoms with Crippen molar-refractivity contribution in [3.05, 3.63) is 44.3 Å². The summed E-state index contributed by atoms with van der Waals surface area (Å²) >= 11 is 10.9. The van der Waals surface area contributed by atoms with Crippen molar-refractivity contribution in [3.63, 3.8) is 0 Å². The Labute approximate surface area is 105 Å². The number of halogens is 2. The number of hydrogen-bond donors (Lipinski definition) is 0. The molecule has 0 spiro atoms. The maximum absolute atomic E-state index is 5.97. The van der Waals surface area contributed by atoms with Gasteiger partial charge in [0.25, 0.3) is 0 Å². The van der Waals surface area contributed by atoms with Gasteiger partial charge in [0, 0.05) is 16.0 Å². The largest absolute Gasteiger partial charge is 0.485 e. The van der Waals surface area contributed by atoms with Gasteiger partial charge in [0.1, 0.15) is 17.4 Å². The first-order valence-corrected chi connectivity index (χ1v) is 6.27. The molecule has 0 amide bonds. The second-order valence-corrected chi connectivity index (χ2v) is 5.09. The van der Waals surface area contributed by atoms with E-state index in [0.29, 0.717) is 17.4 Å². The topological polar surface area (TPSA) is 22.1 Å². The highest BCUT2D eigenvalue weighted by Crippen LogP contribution is 2.28. The number of hydrogen-bond acceptors (Lipinski definition) is 3. The van der Waals surface area contributed by atoms with Gasteiger partial charge in [0.05, 0.1) is 5.02 Å². The Kier molecular flexibility index (Phi) is 3.61. The maximum Gasteiger partial charge on any atom is 0.140 e. The normalized spacial score (nSPS) is 10.3. The maximum atomic E-state index is 5.97. The van der Waals surface area contributed by atoms with E-state index >= 15 is 0 Å². The quantitative estimate of drug-likeness (QED) is 0.850. The van der Waals surface area contributed by atoms with Gasteiger partial charge in [-0.15, -0.1) is 11.3 Å². The molecular formula is C10H7BrClNOS. The summed E-state index contributed by atoms with van der Waals surface area (Å²) in [6.45, 7) is 0.452. The van der Waals surface area contributed by atoms with Gasteiger partial charge >= 0.3 is 0 Å². The second-order valence-electron chi connectivity index (χ2n) is 2.79. The van der Waals surface area contributed by atoms with Crippen LogP contribution in [0.5, 0.6) is 5.75 Å². The third-order valence-corrected chi connectivity index (χ3v) is 3.29. The third kappa shape index (κ3) is 2.93. The fraction of sp³-hybridized carbons (Fsp3) is 0.100. The van der Waals surface area contributed by atoms with Crippen LogP contribution in [0.1, 0.15) is 5.01 Å². The van der Waals surface area contributed by atoms with Crippen molar-refractivity contribution in [1.82, 2.24) is 4.98 Å². The molecule has 2 nitrogen and oxygen atoms in total. The highest BCUT2D eigenvalue weighted by molar-refractivity contribution is 9.10. The summed E-state index contributed by atoms with van der Waals surface area (Å²) in [7, 11) is 0. The summed E-state index contributed by atoms with van der Waals surface area (Å²) in [5.74, 6) is 0.668. The molecule has 1 aromatic carbocycles. The van der Waals surface area contributed by atoms with E-state index in [1.54, 1.807) is 23.6 Å². The van der Waals surface area contributed by atoms with Crippen molar-refractivity contribution in [1.29, 1.82) is 0 Å². The van der Waals surface area contributed by atoms with E-state index in [0.717, 1.165) is 9.48 Å². The van der Waals surface area contributed by atoms with Crippen LogP contribution in [0, 0.1) is 0 Å². The zero-order chi connectivity index (χ0) is 10.7. The lowest BCUT2D eigenvalue weighted by Gasteiger charge is -2.06. The van der Waals surface area contributed by atoms with Crippen molar-refractivity contribution >= 4 is 38.9 Å². The van der Waals surface area contributed by atoms with E-state index in [-0.39, 0.29) is 0 Å². The summed E-state index contributed by atoms with van der Waals surface area (Å²) in [5, 5.41) is 3.46. The Balaban J connectivity index is 2.07. The summed E-state index contributed by atoms with van der Waals surface area (Å²) in [5.41, 5.74) is 0. The van der Waals surface area contributed by atoms with Crippen LogP contribution in [0.4, 0.5) is 0 Å². The minimum Gasteiger partial charge on any atom is -0.485 e. The Morgan fingerprint density at radius 2 is 2.33 bits per heavy atom. The van der Waals surface area contributed by atoms with Crippen LogP contribution < -0.4 is 4.74 Å². The van der Waals surface area contributed by atoms with Gasteiger partial charge in [-0.2, -0.15) is 0 Å². The molecule has 0 aliphatic rings. The van der Waals surface area contributed by atoms with Crippen LogP contribution in [0.2, 0.25) is 5.02 Å². The second kappa shape index (κ2) is 4.96. The molecule has 5 heteroatoms. The van der Waals surface area contributed by atoms with E-state index < -0.39 is 0 Å². The Morgan fingerprint density at radius 1 is 1.47 bits per heavy atom. The first kappa shape index (κ1) is 10.9. The van der Waals surface area contributed by atoms with E-state index in [4.69, 9.17) is 16.3 Å². The number of nitrogens with zero attached hydrogens (tertiary/aromatic N) is 1. The molecule has 0 saturated heterocycles. The standard InChI is InChI=1S/C10H7BrClNOS/c11-7-1-2-8(12)9(5-7)14-6-10-13-3-4-15-10/h1-5H,6H2. The zero-order valence-corrected chi connectivity index (χ0v) is 10.8. The lowest BCUT2D eigenvalue weighted by molar-refractivity contribution is 0.305. The van der Waals surface area contributed by atoms with Crippen LogP contribution in [-0.4, -0.2) is 4.98 Å². The van der Waals surface area contributed by atoms with Gasteiger partial charge in [-0.25, -0.2) is 4.98 Å². The Hall–Kier alpha value is -0.580. The van der Waals surface area contributed by atoms with Crippen molar-refractivity contribution < 1.29 is 4.74 Å². The SMILES string of the molecule is Clc1ccc(Br)cc1OCc1nccs1. The number of ether oxygens (including phenoxy) is 1. The molecule has 0 bridgehead atoms. The molecule has 0 unspecified atom stereocenters. The van der Waals surface area contributed by atoms with Crippen molar-refractivity contribution in [2.24, 2.45) is 0 Å². The summed E-state index contributed by atoms with van der Waals surface area (Å²) in [4.78, 5) is 4.12. The fourth-order valence-electron chi connectivity index (χ4n) is 1.05. The van der Waals surface area contributed by atoms with E-state index in [1.165, 1.54) is 0 Å². The molecule has 78 valence electrons. The van der Waals surface area contributed by atoms with Crippen LogP contribution >= 0.6 is 38.9 Å². The van der Waals surface area contributed by atoms with Gasteiger partial charge in [0.2, 0.25) is 0 Å². The molecule has 2 aromatic rings. The third-order valence-electron chi connectivity index (χ3n) is 1.73. The molecule has 0 saturated carbocycles. The molecule has 15 heavy (non-hydrogen) atoms. The van der Waals surface area contributed by atoms with Gasteiger partial charge in [-0.1, -0.05) is 27.5 Å². The van der Waals surface area contributed by atoms with E-state index in [9.17, 15) is 0 Å². The van der Waals surface area contributed by atoms with Crippen LogP contribution in [-0.2, 0) is 6.61 Å². The predicted octanol–water partition coefficient (Wildman–Crippen LogP) is 4.14. The van der Waals surface area contributed by atoms with Gasteiger partial charge in [0.15, 0.2) is 0 Å². The van der Waals surface area contributed by atoms with E-state index in [2.05, 4.69) is 20.9 Å². The zero-order valence-electron chi connectivity index (χ0n) is 7.61. The smallest absolute Gasteiger partial charge is 0.140 e. The number of thiazole rings is 1. The molecule has 0 aliphatic carbocycles. The number of aromatic nitrogens is 1. The highest BCUT2D eigenvalue weighted by atomic mass is 79.9. The Morgan fingerprint density at radius 3 is 3.07 bits per heavy atom. The van der Waals surface area contributed by atoms with E-state index in [1.807, 2.05) is 17.5 Å². The average molecular weight is 305 g/mol. The molecule has 0 fully saturated rings. The number of benzene rings is 1. The number of rotatable bonds is 3. The average Bonchev–Trinajstić information content (AvgIpc) is 2.72. The highest BCUT2D eigenvalue weighted by Gasteiger charge is 2.03. The van der Waals surface area contributed by atoms with Crippen LogP contribution in [0.25, 0.3) is 0 Å². The minimum atomic E-state index is 0.452. The molecule has 1 heterocycles. The Bertz CT molecular complexity index is 447. The summed E-state index contributed by atoms with van der Waals surface area (Å²) < 4.78 is 6.49. The summed E-state index contributed by atoms with van der Waals surface area (Å²) in [6, 6.07) is 5.51. The molecule has 1 aromatic heterocycles. The fourth-order valence-corrected chi connectivity index (χ4v) is 2.09. The molecule has 0 radical (unpaired) electrons. The van der Waals surface area contributed by atoms with Crippen LogP contribution in [0.3, 0.4) is 0 Å². The lowest BCUT2D eigenvalue weighted by atomic mass is 10.3. The van der Waals surface area contributed by atoms with Crippen molar-refractivity contribution in [3.8, 4) is 5.75 Å². The van der Waals surface area contributed by atoms with Gasteiger partial charge < -0.3 is 4.74 Å². The first-order chi connectivity index (χ1) is 7.25. The van der Waals surface area contributed by atoms with Gasteiger partial charge in [-0.3, -0.25) is 0 Å². The van der Waals surface area contributed by atoms with Crippen molar-refractivity contribution in [2.75, 3.05) is 0 Å². The lowest BCUT2D eigenvalue weighted by Crippen LogP contribution is -1.94. The molecule has 0 aliphatic heterocycles. The minimum absolute atomic E-state index is 0.452. The van der Waals surface area contributed by atoms with Gasteiger partial charge in [-0.05, 0) is 18.2 Å². The molecule has 0 atom stereocenters.